The van der Waals surface area contributed by atoms with Crippen molar-refractivity contribution in [3.05, 3.63) is 17.4 Å². The number of nitrogens with zero attached hydrogens (tertiary/aromatic N) is 3. The van der Waals surface area contributed by atoms with Gasteiger partial charge in [0.2, 0.25) is 5.95 Å². The zero-order valence-corrected chi connectivity index (χ0v) is 13.9. The Balaban J connectivity index is 2.09. The first-order chi connectivity index (χ1) is 11.9. The van der Waals surface area contributed by atoms with E-state index in [0.717, 1.165) is 0 Å². The fraction of sp³-hybridized carbons (Fsp3) is 0.571. The minimum absolute atomic E-state index is 0.0827. The molecule has 0 amide bonds. The molecule has 9 nitrogen and oxygen atoms in total. The van der Waals surface area contributed by atoms with Gasteiger partial charge >= 0.3 is 0 Å². The van der Waals surface area contributed by atoms with Crippen LogP contribution in [0.5, 0.6) is 0 Å². The van der Waals surface area contributed by atoms with E-state index in [-0.39, 0.29) is 16.7 Å². The average Bonchev–Trinajstić information content (AvgIpc) is 2.97. The first kappa shape index (κ1) is 18.2. The molecule has 1 unspecified atom stereocenters. The number of anilines is 1. The number of fused-ring (bicyclic) bond motifs is 1. The smallest absolute Gasteiger partial charge is 0.223 e. The Labute approximate surface area is 146 Å². The molecule has 25 heavy (non-hydrogen) atoms. The molecule has 0 spiro atoms. The first-order valence-corrected chi connectivity index (χ1v) is 7.85. The molecule has 138 valence electrons. The molecule has 3 heterocycles. The minimum Gasteiger partial charge on any atom is -0.394 e. The second-order valence-corrected chi connectivity index (χ2v) is 6.06. The summed E-state index contributed by atoms with van der Waals surface area (Å²) in [5.41, 5.74) is 5.78. The highest BCUT2D eigenvalue weighted by atomic mass is 35.5. The molecular weight excluding hydrogens is 359 g/mol. The van der Waals surface area contributed by atoms with Crippen LogP contribution in [0.4, 0.5) is 10.3 Å². The van der Waals surface area contributed by atoms with Gasteiger partial charge in [-0.2, -0.15) is 4.98 Å². The number of nitrogens with two attached hydrogens (primary N) is 1. The zero-order valence-electron chi connectivity index (χ0n) is 13.2. The Morgan fingerprint density at radius 3 is 2.76 bits per heavy atom. The summed E-state index contributed by atoms with van der Waals surface area (Å²) in [7, 11) is 1.26. The van der Waals surface area contributed by atoms with Gasteiger partial charge in [0.05, 0.1) is 12.0 Å². The van der Waals surface area contributed by atoms with Gasteiger partial charge in [-0.25, -0.2) is 9.37 Å². The van der Waals surface area contributed by atoms with Crippen LogP contribution < -0.4 is 5.73 Å². The molecule has 5 N–H and O–H groups in total. The molecule has 1 fully saturated rings. The van der Waals surface area contributed by atoms with Crippen molar-refractivity contribution in [2.75, 3.05) is 19.5 Å². The highest BCUT2D eigenvalue weighted by molar-refractivity contribution is 6.34. The third-order valence-corrected chi connectivity index (χ3v) is 4.52. The lowest BCUT2D eigenvalue weighted by atomic mass is 10.0. The summed E-state index contributed by atoms with van der Waals surface area (Å²) in [5.74, 6) is -0.115. The minimum atomic E-state index is -2.03. The number of rotatable bonds is 3. The van der Waals surface area contributed by atoms with Crippen LogP contribution >= 0.6 is 11.6 Å². The first-order valence-electron chi connectivity index (χ1n) is 7.48. The molecule has 0 bridgehead atoms. The van der Waals surface area contributed by atoms with Gasteiger partial charge in [0.15, 0.2) is 12.4 Å². The maximum absolute atomic E-state index is 14.9. The van der Waals surface area contributed by atoms with Crippen LogP contribution in [0, 0.1) is 0 Å². The van der Waals surface area contributed by atoms with Crippen molar-refractivity contribution in [2.45, 2.75) is 36.8 Å². The maximum atomic E-state index is 14.9. The van der Waals surface area contributed by atoms with E-state index in [0.29, 0.717) is 5.39 Å². The summed E-state index contributed by atoms with van der Waals surface area (Å²) in [6.07, 6.45) is -7.57. The lowest BCUT2D eigenvalue weighted by molar-refractivity contribution is -0.147. The van der Waals surface area contributed by atoms with Gasteiger partial charge in [0.1, 0.15) is 35.2 Å². The summed E-state index contributed by atoms with van der Waals surface area (Å²) in [5, 5.41) is 30.3. The van der Waals surface area contributed by atoms with Gasteiger partial charge in [0, 0.05) is 13.3 Å². The predicted molar refractivity (Wildman–Crippen MR) is 85.7 cm³/mol. The molecule has 3 rings (SSSR count). The Bertz CT molecular complexity index is 762. The monoisotopic (exact) mass is 376 g/mol. The third-order valence-electron chi connectivity index (χ3n) is 4.23. The molecule has 1 aliphatic rings. The average molecular weight is 377 g/mol. The summed E-state index contributed by atoms with van der Waals surface area (Å²) in [6, 6.07) is 1.54. The normalized spacial score (nSPS) is 33.5. The zero-order chi connectivity index (χ0) is 18.3. The van der Waals surface area contributed by atoms with Crippen molar-refractivity contribution >= 4 is 28.6 Å². The lowest BCUT2D eigenvalue weighted by Gasteiger charge is -2.27. The largest absolute Gasteiger partial charge is 0.394 e. The number of alkyl halides is 1. The quantitative estimate of drug-likeness (QED) is 0.533. The van der Waals surface area contributed by atoms with Crippen molar-refractivity contribution in [2.24, 2.45) is 0 Å². The Kier molecular flexibility index (Phi) is 5.09. The van der Waals surface area contributed by atoms with E-state index < -0.39 is 43.4 Å². The van der Waals surface area contributed by atoms with E-state index in [4.69, 9.17) is 26.8 Å². The topological polar surface area (TPSA) is 136 Å². The second-order valence-electron chi connectivity index (χ2n) is 5.71. The van der Waals surface area contributed by atoms with E-state index in [1.54, 1.807) is 6.07 Å². The fourth-order valence-electron chi connectivity index (χ4n) is 2.98. The lowest BCUT2D eigenvalue weighted by Crippen LogP contribution is -2.47. The van der Waals surface area contributed by atoms with Crippen molar-refractivity contribution in [1.29, 1.82) is 0 Å². The molecule has 0 saturated carbocycles. The summed E-state index contributed by atoms with van der Waals surface area (Å²) >= 11 is 6.01. The molecule has 6 atom stereocenters. The number of methoxy groups -OCH3 is 1. The van der Waals surface area contributed by atoms with E-state index in [2.05, 4.69) is 9.97 Å². The van der Waals surface area contributed by atoms with Crippen molar-refractivity contribution in [1.82, 2.24) is 14.5 Å². The fourth-order valence-corrected chi connectivity index (χ4v) is 3.21. The molecule has 11 heteroatoms. The number of aromatic nitrogens is 3. The van der Waals surface area contributed by atoms with Crippen LogP contribution in [0.3, 0.4) is 0 Å². The van der Waals surface area contributed by atoms with Crippen molar-refractivity contribution in [3.8, 4) is 0 Å². The number of hydrogen-bond donors (Lipinski definition) is 4. The Morgan fingerprint density at radius 2 is 2.12 bits per heavy atom. The van der Waals surface area contributed by atoms with Gasteiger partial charge in [-0.3, -0.25) is 0 Å². The van der Waals surface area contributed by atoms with Gasteiger partial charge < -0.3 is 35.1 Å². The van der Waals surface area contributed by atoms with Crippen LogP contribution in [0.2, 0.25) is 5.15 Å². The van der Waals surface area contributed by atoms with E-state index >= 15 is 0 Å². The van der Waals surface area contributed by atoms with Gasteiger partial charge in [-0.05, 0) is 6.07 Å². The summed E-state index contributed by atoms with van der Waals surface area (Å²) < 4.78 is 26.8. The van der Waals surface area contributed by atoms with E-state index in [1.807, 2.05) is 0 Å². The number of nitrogen functional groups attached to an aromatic ring is 1. The number of ether oxygens (including phenoxy) is 2. The van der Waals surface area contributed by atoms with Gasteiger partial charge in [0.25, 0.3) is 0 Å². The van der Waals surface area contributed by atoms with Gasteiger partial charge in [-0.1, -0.05) is 11.6 Å². The van der Waals surface area contributed by atoms with Crippen molar-refractivity contribution in [3.63, 3.8) is 0 Å². The van der Waals surface area contributed by atoms with Crippen molar-refractivity contribution < 1.29 is 29.2 Å². The highest BCUT2D eigenvalue weighted by Crippen LogP contribution is 2.34. The molecule has 1 saturated heterocycles. The molecule has 0 radical (unpaired) electrons. The Morgan fingerprint density at radius 1 is 1.40 bits per heavy atom. The third kappa shape index (κ3) is 3.05. The Hall–Kier alpha value is -1.56. The summed E-state index contributed by atoms with van der Waals surface area (Å²) in [6.45, 7) is -0.553. The van der Waals surface area contributed by atoms with Crippen LogP contribution in [0.1, 0.15) is 6.23 Å². The molecule has 0 aliphatic carbocycles. The standard InChI is InChI=1S/C14H18ClFN4O5/c1-24-10-6(4-21)25-13(7(16)8(22)9(10)23)20-3-2-5-11(15)18-14(17)19-12(5)20/h2-3,6-10,13,21-23H,4H2,1H3,(H2,17,18,19)/t6-,7+,8+,9+,10-,13?/m1/s1. The van der Waals surface area contributed by atoms with E-state index in [9.17, 15) is 19.7 Å². The number of hydrogen-bond acceptors (Lipinski definition) is 8. The molecule has 2 aromatic heterocycles. The molecule has 1 aliphatic heterocycles. The number of aliphatic hydroxyl groups excluding tert-OH is 3. The SMILES string of the molecule is CO[C@H]1[C@@H](O)[C@@H](O)[C@H](F)C(n2ccc3c(Cl)nc(N)nc32)O[C@@H]1CO. The molecular formula is C14H18ClFN4O5. The number of aliphatic hydroxyl groups is 3. The van der Waals surface area contributed by atoms with E-state index in [1.165, 1.54) is 17.9 Å². The predicted octanol–water partition coefficient (Wildman–Crippen LogP) is -0.369. The molecule has 0 aromatic carbocycles. The van der Waals surface area contributed by atoms with Gasteiger partial charge in [-0.15, -0.1) is 0 Å². The van der Waals surface area contributed by atoms with Crippen LogP contribution in [-0.4, -0.2) is 74.2 Å². The van der Waals surface area contributed by atoms with Crippen LogP contribution in [-0.2, 0) is 9.47 Å². The summed E-state index contributed by atoms with van der Waals surface area (Å²) in [4.78, 5) is 7.85. The van der Waals surface area contributed by atoms with Crippen LogP contribution in [0.25, 0.3) is 11.0 Å². The maximum Gasteiger partial charge on any atom is 0.223 e. The molecule has 2 aromatic rings. The highest BCUT2D eigenvalue weighted by Gasteiger charge is 2.47. The number of halogens is 2. The second kappa shape index (κ2) is 6.98. The van der Waals surface area contributed by atoms with Crippen LogP contribution in [0.15, 0.2) is 12.3 Å².